The number of rotatable bonds is 6. The summed E-state index contributed by atoms with van der Waals surface area (Å²) < 4.78 is 1.89. The summed E-state index contributed by atoms with van der Waals surface area (Å²) in [6, 6.07) is 21.5. The van der Waals surface area contributed by atoms with Gasteiger partial charge in [0.25, 0.3) is 5.91 Å². The standard InChI is InChI=1S/C23H23N3O2/c1-26-20(17-5-3-2-4-6-17)13-14-21(26)23(28)25-19-9-7-16(8-10-19)15-22(27)24-18-11-12-18/h2-10,13-14,18H,11-12,15H2,1H3,(H,24,27)(H,25,28). The molecule has 2 amide bonds. The molecule has 5 heteroatoms. The maximum atomic E-state index is 12.7. The Kier molecular flexibility index (Phi) is 4.98. The highest BCUT2D eigenvalue weighted by Crippen LogP contribution is 2.22. The number of hydrogen-bond donors (Lipinski definition) is 2. The predicted molar refractivity (Wildman–Crippen MR) is 110 cm³/mol. The van der Waals surface area contributed by atoms with Crippen molar-refractivity contribution >= 4 is 17.5 Å². The molecule has 3 aromatic rings. The highest BCUT2D eigenvalue weighted by Gasteiger charge is 2.23. The zero-order valence-electron chi connectivity index (χ0n) is 15.8. The highest BCUT2D eigenvalue weighted by molar-refractivity contribution is 6.03. The van der Waals surface area contributed by atoms with Crippen LogP contribution in [0.4, 0.5) is 5.69 Å². The summed E-state index contributed by atoms with van der Waals surface area (Å²) in [6.07, 6.45) is 2.53. The van der Waals surface area contributed by atoms with Gasteiger partial charge in [-0.15, -0.1) is 0 Å². The molecule has 0 bridgehead atoms. The second kappa shape index (κ2) is 7.72. The molecule has 1 aliphatic carbocycles. The fraction of sp³-hybridized carbons (Fsp3) is 0.217. The lowest BCUT2D eigenvalue weighted by Crippen LogP contribution is -2.26. The quantitative estimate of drug-likeness (QED) is 0.691. The van der Waals surface area contributed by atoms with Crippen molar-refractivity contribution in [2.24, 2.45) is 7.05 Å². The topological polar surface area (TPSA) is 63.1 Å². The fourth-order valence-electron chi connectivity index (χ4n) is 3.23. The van der Waals surface area contributed by atoms with Crippen molar-refractivity contribution < 1.29 is 9.59 Å². The molecule has 4 rings (SSSR count). The van der Waals surface area contributed by atoms with Crippen LogP contribution in [0.3, 0.4) is 0 Å². The fourth-order valence-corrected chi connectivity index (χ4v) is 3.23. The van der Waals surface area contributed by atoms with Gasteiger partial charge in [0.2, 0.25) is 5.91 Å². The van der Waals surface area contributed by atoms with Crippen molar-refractivity contribution in [2.45, 2.75) is 25.3 Å². The van der Waals surface area contributed by atoms with Gasteiger partial charge >= 0.3 is 0 Å². The number of amides is 2. The lowest BCUT2D eigenvalue weighted by molar-refractivity contribution is -0.120. The van der Waals surface area contributed by atoms with E-state index < -0.39 is 0 Å². The highest BCUT2D eigenvalue weighted by atomic mass is 16.2. The van der Waals surface area contributed by atoms with Crippen LogP contribution in [0.25, 0.3) is 11.3 Å². The van der Waals surface area contributed by atoms with E-state index >= 15 is 0 Å². The largest absolute Gasteiger partial charge is 0.353 e. The van der Waals surface area contributed by atoms with Gasteiger partial charge in [0.15, 0.2) is 0 Å². The number of carbonyl (C=O) groups is 2. The van der Waals surface area contributed by atoms with Gasteiger partial charge in [0.1, 0.15) is 5.69 Å². The Morgan fingerprint density at radius 2 is 1.68 bits per heavy atom. The molecule has 2 aromatic carbocycles. The first kappa shape index (κ1) is 18.0. The number of carbonyl (C=O) groups excluding carboxylic acids is 2. The van der Waals surface area contributed by atoms with E-state index in [2.05, 4.69) is 10.6 Å². The molecule has 1 saturated carbocycles. The van der Waals surface area contributed by atoms with E-state index in [1.54, 1.807) is 0 Å². The lowest BCUT2D eigenvalue weighted by atomic mass is 10.1. The molecule has 2 N–H and O–H groups in total. The molecule has 1 fully saturated rings. The summed E-state index contributed by atoms with van der Waals surface area (Å²) in [5.74, 6) is -0.111. The summed E-state index contributed by atoms with van der Waals surface area (Å²) in [5, 5.41) is 5.91. The van der Waals surface area contributed by atoms with E-state index in [0.717, 1.165) is 29.7 Å². The third-order valence-electron chi connectivity index (χ3n) is 4.94. The molecule has 28 heavy (non-hydrogen) atoms. The molecule has 0 radical (unpaired) electrons. The van der Waals surface area contributed by atoms with Gasteiger partial charge in [0, 0.05) is 24.5 Å². The maximum Gasteiger partial charge on any atom is 0.272 e. The first-order chi connectivity index (χ1) is 13.6. The minimum atomic E-state index is -0.163. The molecule has 0 atom stereocenters. The monoisotopic (exact) mass is 373 g/mol. The second-order valence-electron chi connectivity index (χ2n) is 7.20. The van der Waals surface area contributed by atoms with Crippen molar-refractivity contribution in [2.75, 3.05) is 5.32 Å². The molecule has 0 spiro atoms. The third-order valence-corrected chi connectivity index (χ3v) is 4.94. The summed E-state index contributed by atoms with van der Waals surface area (Å²) in [5.41, 5.74) is 4.28. The van der Waals surface area contributed by atoms with Crippen LogP contribution >= 0.6 is 0 Å². The van der Waals surface area contributed by atoms with Crippen molar-refractivity contribution in [1.29, 1.82) is 0 Å². The van der Waals surface area contributed by atoms with Crippen LogP contribution in [0.1, 0.15) is 28.9 Å². The number of benzene rings is 2. The summed E-state index contributed by atoms with van der Waals surface area (Å²) in [4.78, 5) is 24.6. The van der Waals surface area contributed by atoms with E-state index in [9.17, 15) is 9.59 Å². The zero-order chi connectivity index (χ0) is 19.5. The molecule has 0 aliphatic heterocycles. The Balaban J connectivity index is 1.41. The van der Waals surface area contributed by atoms with Crippen LogP contribution in [0.2, 0.25) is 0 Å². The number of nitrogens with one attached hydrogen (secondary N) is 2. The van der Waals surface area contributed by atoms with E-state index in [-0.39, 0.29) is 11.8 Å². The van der Waals surface area contributed by atoms with Crippen LogP contribution in [-0.4, -0.2) is 22.4 Å². The molecule has 1 heterocycles. The lowest BCUT2D eigenvalue weighted by Gasteiger charge is -2.10. The van der Waals surface area contributed by atoms with Crippen LogP contribution in [0.5, 0.6) is 0 Å². The summed E-state index contributed by atoms with van der Waals surface area (Å²) in [6.45, 7) is 0. The van der Waals surface area contributed by atoms with Gasteiger partial charge in [-0.2, -0.15) is 0 Å². The number of anilines is 1. The Morgan fingerprint density at radius 3 is 2.36 bits per heavy atom. The van der Waals surface area contributed by atoms with Gasteiger partial charge in [-0.1, -0.05) is 42.5 Å². The number of hydrogen-bond acceptors (Lipinski definition) is 2. The van der Waals surface area contributed by atoms with E-state index in [0.29, 0.717) is 23.8 Å². The van der Waals surface area contributed by atoms with Gasteiger partial charge in [-0.05, 0) is 48.2 Å². The molecular formula is C23H23N3O2. The molecular weight excluding hydrogens is 350 g/mol. The third kappa shape index (κ3) is 4.14. The molecule has 1 aromatic heterocycles. The van der Waals surface area contributed by atoms with Crippen molar-refractivity contribution in [3.05, 3.63) is 78.0 Å². The first-order valence-corrected chi connectivity index (χ1v) is 9.51. The summed E-state index contributed by atoms with van der Waals surface area (Å²) >= 11 is 0. The smallest absolute Gasteiger partial charge is 0.272 e. The van der Waals surface area contributed by atoms with Gasteiger partial charge in [0.05, 0.1) is 6.42 Å². The minimum Gasteiger partial charge on any atom is -0.353 e. The number of nitrogens with zero attached hydrogens (tertiary/aromatic N) is 1. The van der Waals surface area contributed by atoms with Crippen LogP contribution in [0, 0.1) is 0 Å². The van der Waals surface area contributed by atoms with Crippen molar-refractivity contribution in [3.8, 4) is 11.3 Å². The SMILES string of the molecule is Cn1c(C(=O)Nc2ccc(CC(=O)NC3CC3)cc2)ccc1-c1ccccc1. The van der Waals surface area contributed by atoms with E-state index in [4.69, 9.17) is 0 Å². The predicted octanol–water partition coefficient (Wildman–Crippen LogP) is 3.77. The molecule has 5 nitrogen and oxygen atoms in total. The average molecular weight is 373 g/mol. The zero-order valence-corrected chi connectivity index (χ0v) is 15.8. The van der Waals surface area contributed by atoms with Gasteiger partial charge in [-0.25, -0.2) is 0 Å². The minimum absolute atomic E-state index is 0.0523. The molecule has 142 valence electrons. The number of aromatic nitrogens is 1. The molecule has 0 saturated heterocycles. The molecule has 0 unspecified atom stereocenters. The van der Waals surface area contributed by atoms with Gasteiger partial charge < -0.3 is 15.2 Å². The Labute approximate surface area is 164 Å². The Morgan fingerprint density at radius 1 is 0.964 bits per heavy atom. The van der Waals surface area contributed by atoms with Crippen LogP contribution < -0.4 is 10.6 Å². The maximum absolute atomic E-state index is 12.7. The van der Waals surface area contributed by atoms with E-state index in [1.165, 1.54) is 0 Å². The normalized spacial score (nSPS) is 13.2. The first-order valence-electron chi connectivity index (χ1n) is 9.51. The van der Waals surface area contributed by atoms with Crippen LogP contribution in [0.15, 0.2) is 66.7 Å². The van der Waals surface area contributed by atoms with Gasteiger partial charge in [-0.3, -0.25) is 9.59 Å². The summed E-state index contributed by atoms with van der Waals surface area (Å²) in [7, 11) is 1.89. The van der Waals surface area contributed by atoms with Crippen LogP contribution in [-0.2, 0) is 18.3 Å². The molecule has 1 aliphatic rings. The average Bonchev–Trinajstić information content (AvgIpc) is 3.42. The van der Waals surface area contributed by atoms with Crippen molar-refractivity contribution in [3.63, 3.8) is 0 Å². The Bertz CT molecular complexity index is 986. The Hall–Kier alpha value is -3.34. The van der Waals surface area contributed by atoms with Crippen molar-refractivity contribution in [1.82, 2.24) is 9.88 Å². The van der Waals surface area contributed by atoms with E-state index in [1.807, 2.05) is 78.3 Å². The second-order valence-corrected chi connectivity index (χ2v) is 7.20.